The number of nitrogens with one attached hydrogen (secondary N) is 1. The maximum absolute atomic E-state index is 12.6. The second-order valence-electron chi connectivity index (χ2n) is 5.72. The number of para-hydroxylation sites is 1. The van der Waals surface area contributed by atoms with Crippen LogP contribution in [0.2, 0.25) is 0 Å². The van der Waals surface area contributed by atoms with Crippen LogP contribution in [-0.2, 0) is 16.0 Å². The van der Waals surface area contributed by atoms with Gasteiger partial charge in [-0.15, -0.1) is 0 Å². The lowest BCUT2D eigenvalue weighted by Crippen LogP contribution is -2.31. The van der Waals surface area contributed by atoms with Gasteiger partial charge in [-0.25, -0.2) is 0 Å². The summed E-state index contributed by atoms with van der Waals surface area (Å²) in [5, 5.41) is 3.04. The van der Waals surface area contributed by atoms with Gasteiger partial charge in [0.2, 0.25) is 0 Å². The molecule has 0 bridgehead atoms. The van der Waals surface area contributed by atoms with Gasteiger partial charge in [0, 0.05) is 12.3 Å². The van der Waals surface area contributed by atoms with Crippen molar-refractivity contribution in [3.63, 3.8) is 0 Å². The van der Waals surface area contributed by atoms with Crippen LogP contribution in [-0.4, -0.2) is 18.6 Å². The van der Waals surface area contributed by atoms with E-state index in [1.807, 2.05) is 57.2 Å². The maximum Gasteiger partial charge on any atom is 0.253 e. The molecule has 1 amide bonds. The molecule has 0 aromatic heterocycles. The quantitative estimate of drug-likeness (QED) is 0.829. The summed E-state index contributed by atoms with van der Waals surface area (Å²) >= 11 is 0. The Balaban J connectivity index is 2.03. The van der Waals surface area contributed by atoms with Crippen molar-refractivity contribution in [2.24, 2.45) is 0 Å². The van der Waals surface area contributed by atoms with E-state index in [9.17, 15) is 4.79 Å². The third-order valence-electron chi connectivity index (χ3n) is 3.93. The molecule has 0 aliphatic heterocycles. The minimum atomic E-state index is -0.431. The van der Waals surface area contributed by atoms with E-state index in [2.05, 4.69) is 17.4 Å². The highest BCUT2D eigenvalue weighted by molar-refractivity contribution is 5.95. The average Bonchev–Trinajstić information content (AvgIpc) is 2.56. The molecule has 2 rings (SSSR count). The number of hydrogen-bond donors (Lipinski definition) is 1. The summed E-state index contributed by atoms with van der Waals surface area (Å²) in [7, 11) is 0. The summed E-state index contributed by atoms with van der Waals surface area (Å²) in [6.45, 7) is 6.45. The second-order valence-corrected chi connectivity index (χ2v) is 5.72. The molecule has 0 spiro atoms. The number of rotatable bonds is 7. The molecule has 0 radical (unpaired) electrons. The SMILES string of the molecule is CCOC(CCc1ccccc1)C(=O)Nc1c(C)cccc1C. The lowest BCUT2D eigenvalue weighted by Gasteiger charge is -2.19. The van der Waals surface area contributed by atoms with Crippen LogP contribution in [0, 0.1) is 13.8 Å². The normalized spacial score (nSPS) is 12.0. The van der Waals surface area contributed by atoms with Gasteiger partial charge in [-0.05, 0) is 50.3 Å². The number of hydrogen-bond acceptors (Lipinski definition) is 2. The van der Waals surface area contributed by atoms with Gasteiger partial charge in [-0.3, -0.25) is 4.79 Å². The Hall–Kier alpha value is -2.13. The van der Waals surface area contributed by atoms with Gasteiger partial charge in [-0.1, -0.05) is 48.5 Å². The molecule has 1 unspecified atom stereocenters. The van der Waals surface area contributed by atoms with E-state index in [0.29, 0.717) is 13.0 Å². The molecular formula is C20H25NO2. The summed E-state index contributed by atoms with van der Waals surface area (Å²) in [5.74, 6) is -0.0693. The first-order chi connectivity index (χ1) is 11.1. The zero-order chi connectivity index (χ0) is 16.7. The van der Waals surface area contributed by atoms with Gasteiger partial charge in [-0.2, -0.15) is 0 Å². The molecule has 2 aromatic rings. The Morgan fingerprint density at radius 3 is 2.30 bits per heavy atom. The monoisotopic (exact) mass is 311 g/mol. The van der Waals surface area contributed by atoms with Crippen molar-refractivity contribution in [3.8, 4) is 0 Å². The number of amides is 1. The maximum atomic E-state index is 12.6. The molecule has 1 N–H and O–H groups in total. The molecule has 2 aromatic carbocycles. The molecule has 0 fully saturated rings. The summed E-state index contributed by atoms with van der Waals surface area (Å²) in [6, 6.07) is 16.2. The van der Waals surface area contributed by atoms with Gasteiger partial charge in [0.1, 0.15) is 6.10 Å². The molecule has 3 nitrogen and oxygen atoms in total. The minimum Gasteiger partial charge on any atom is -0.369 e. The molecule has 0 heterocycles. The number of carbonyl (C=O) groups excluding carboxylic acids is 1. The molecule has 1 atom stereocenters. The summed E-state index contributed by atoms with van der Waals surface area (Å²) in [5.41, 5.74) is 4.24. The number of benzene rings is 2. The third kappa shape index (κ3) is 4.93. The predicted octanol–water partition coefficient (Wildman–Crippen LogP) is 4.28. The smallest absolute Gasteiger partial charge is 0.253 e. The summed E-state index contributed by atoms with van der Waals surface area (Å²) < 4.78 is 5.67. The molecule has 0 saturated carbocycles. The van der Waals surface area contributed by atoms with Crippen LogP contribution in [0.1, 0.15) is 30.0 Å². The van der Waals surface area contributed by atoms with Crippen LogP contribution in [0.5, 0.6) is 0 Å². The second kappa shape index (κ2) is 8.49. The predicted molar refractivity (Wildman–Crippen MR) is 94.7 cm³/mol. The van der Waals surface area contributed by atoms with Crippen molar-refractivity contribution < 1.29 is 9.53 Å². The van der Waals surface area contributed by atoms with Gasteiger partial charge in [0.05, 0.1) is 0 Å². The highest BCUT2D eigenvalue weighted by atomic mass is 16.5. The summed E-state index contributed by atoms with van der Waals surface area (Å²) in [4.78, 5) is 12.6. The summed E-state index contributed by atoms with van der Waals surface area (Å²) in [6.07, 6.45) is 1.07. The molecule has 0 aliphatic rings. The van der Waals surface area contributed by atoms with Crippen LogP contribution in [0.4, 0.5) is 5.69 Å². The lowest BCUT2D eigenvalue weighted by atomic mass is 10.1. The van der Waals surface area contributed by atoms with E-state index < -0.39 is 6.10 Å². The minimum absolute atomic E-state index is 0.0693. The van der Waals surface area contributed by atoms with Crippen molar-refractivity contribution in [1.29, 1.82) is 0 Å². The van der Waals surface area contributed by atoms with Crippen molar-refractivity contribution >= 4 is 11.6 Å². The zero-order valence-corrected chi connectivity index (χ0v) is 14.1. The lowest BCUT2D eigenvalue weighted by molar-refractivity contribution is -0.127. The Bertz CT molecular complexity index is 617. The average molecular weight is 311 g/mol. The highest BCUT2D eigenvalue weighted by Gasteiger charge is 2.19. The molecule has 0 aliphatic carbocycles. The zero-order valence-electron chi connectivity index (χ0n) is 14.1. The number of carbonyl (C=O) groups is 1. The van der Waals surface area contributed by atoms with E-state index >= 15 is 0 Å². The number of aryl methyl sites for hydroxylation is 3. The molecule has 23 heavy (non-hydrogen) atoms. The Kier molecular flexibility index (Phi) is 6.36. The first-order valence-corrected chi connectivity index (χ1v) is 8.14. The Labute approximate surface area is 138 Å². The fraction of sp³-hybridized carbons (Fsp3) is 0.350. The fourth-order valence-corrected chi connectivity index (χ4v) is 2.65. The molecule has 0 saturated heterocycles. The number of anilines is 1. The van der Waals surface area contributed by atoms with Gasteiger partial charge >= 0.3 is 0 Å². The Morgan fingerprint density at radius 2 is 1.70 bits per heavy atom. The van der Waals surface area contributed by atoms with E-state index in [1.54, 1.807) is 0 Å². The van der Waals surface area contributed by atoms with Gasteiger partial charge in [0.15, 0.2) is 0 Å². The van der Waals surface area contributed by atoms with Crippen molar-refractivity contribution in [2.75, 3.05) is 11.9 Å². The van der Waals surface area contributed by atoms with Crippen LogP contribution in [0.15, 0.2) is 48.5 Å². The molecular weight excluding hydrogens is 286 g/mol. The Morgan fingerprint density at radius 1 is 1.04 bits per heavy atom. The van der Waals surface area contributed by atoms with Crippen LogP contribution in [0.25, 0.3) is 0 Å². The van der Waals surface area contributed by atoms with Crippen molar-refractivity contribution in [3.05, 3.63) is 65.2 Å². The fourth-order valence-electron chi connectivity index (χ4n) is 2.65. The van der Waals surface area contributed by atoms with Crippen LogP contribution < -0.4 is 5.32 Å². The molecule has 122 valence electrons. The van der Waals surface area contributed by atoms with Gasteiger partial charge in [0.25, 0.3) is 5.91 Å². The first-order valence-electron chi connectivity index (χ1n) is 8.14. The third-order valence-corrected chi connectivity index (χ3v) is 3.93. The van der Waals surface area contributed by atoms with E-state index in [4.69, 9.17) is 4.74 Å². The van der Waals surface area contributed by atoms with E-state index in [-0.39, 0.29) is 5.91 Å². The standard InChI is InChI=1S/C20H25NO2/c1-4-23-18(14-13-17-11-6-5-7-12-17)20(22)21-19-15(2)9-8-10-16(19)3/h5-12,18H,4,13-14H2,1-3H3,(H,21,22). The first kappa shape index (κ1) is 17.2. The van der Waals surface area contributed by atoms with Crippen molar-refractivity contribution in [1.82, 2.24) is 0 Å². The number of ether oxygens (including phenoxy) is 1. The van der Waals surface area contributed by atoms with Crippen LogP contribution in [0.3, 0.4) is 0 Å². The topological polar surface area (TPSA) is 38.3 Å². The largest absolute Gasteiger partial charge is 0.369 e. The van der Waals surface area contributed by atoms with E-state index in [1.165, 1.54) is 5.56 Å². The highest BCUT2D eigenvalue weighted by Crippen LogP contribution is 2.20. The van der Waals surface area contributed by atoms with Crippen LogP contribution >= 0.6 is 0 Å². The van der Waals surface area contributed by atoms with Crippen molar-refractivity contribution in [2.45, 2.75) is 39.7 Å². The van der Waals surface area contributed by atoms with E-state index in [0.717, 1.165) is 23.2 Å². The molecule has 3 heteroatoms. The van der Waals surface area contributed by atoms with Gasteiger partial charge < -0.3 is 10.1 Å².